The van der Waals surface area contributed by atoms with E-state index in [4.69, 9.17) is 0 Å². The largest absolute Gasteiger partial charge is 0.337 e. The first-order valence-electron chi connectivity index (χ1n) is 11.7. The Kier molecular flexibility index (Phi) is 5.52. The first kappa shape index (κ1) is 21.8. The summed E-state index contributed by atoms with van der Waals surface area (Å²) in [4.78, 5) is 24.3. The van der Waals surface area contributed by atoms with Crippen molar-refractivity contribution in [3.8, 4) is 5.82 Å². The normalized spacial score (nSPS) is 13.7. The summed E-state index contributed by atoms with van der Waals surface area (Å²) in [6, 6.07) is 3.81. The van der Waals surface area contributed by atoms with E-state index in [1.54, 1.807) is 17.2 Å². The van der Waals surface area contributed by atoms with Crippen molar-refractivity contribution in [2.75, 3.05) is 23.3 Å². The van der Waals surface area contributed by atoms with Crippen LogP contribution >= 0.6 is 0 Å². The minimum Gasteiger partial charge on any atom is -0.337 e. The highest BCUT2D eigenvalue weighted by Gasteiger charge is 2.20. The predicted molar refractivity (Wildman–Crippen MR) is 134 cm³/mol. The molecule has 0 spiro atoms. The monoisotopic (exact) mass is 480 g/mol. The SMILES string of the molecule is CCc1cnc(N2CC=C(c3nnc4c(Nc5ccc(-n6cncn6)nc5C)nccn34)CC2)nc1. The molecular weight excluding hydrogens is 456 g/mol. The maximum Gasteiger partial charge on any atom is 0.225 e. The third kappa shape index (κ3) is 4.02. The lowest BCUT2D eigenvalue weighted by Gasteiger charge is -2.25. The fourth-order valence-electron chi connectivity index (χ4n) is 4.14. The van der Waals surface area contributed by atoms with Crippen LogP contribution in [-0.4, -0.2) is 62.4 Å². The Morgan fingerprint density at radius 2 is 1.97 bits per heavy atom. The van der Waals surface area contributed by atoms with E-state index in [1.165, 1.54) is 6.33 Å². The maximum atomic E-state index is 4.62. The van der Waals surface area contributed by atoms with E-state index >= 15 is 0 Å². The number of pyridine rings is 1. The molecule has 1 aliphatic rings. The molecule has 6 heterocycles. The molecule has 1 aliphatic heterocycles. The van der Waals surface area contributed by atoms with Crippen LogP contribution in [0.2, 0.25) is 0 Å². The van der Waals surface area contributed by atoms with Gasteiger partial charge in [-0.25, -0.2) is 29.6 Å². The summed E-state index contributed by atoms with van der Waals surface area (Å²) in [6.45, 7) is 5.55. The number of anilines is 3. The molecule has 36 heavy (non-hydrogen) atoms. The molecule has 0 saturated heterocycles. The van der Waals surface area contributed by atoms with Gasteiger partial charge in [0.2, 0.25) is 11.6 Å². The van der Waals surface area contributed by atoms with E-state index in [9.17, 15) is 0 Å². The van der Waals surface area contributed by atoms with Gasteiger partial charge in [-0.05, 0) is 43.0 Å². The van der Waals surface area contributed by atoms with Gasteiger partial charge in [0.15, 0.2) is 17.5 Å². The van der Waals surface area contributed by atoms with Crippen molar-refractivity contribution >= 4 is 28.7 Å². The third-order valence-corrected chi connectivity index (χ3v) is 6.18. The van der Waals surface area contributed by atoms with Crippen LogP contribution in [0.25, 0.3) is 17.0 Å². The maximum absolute atomic E-state index is 4.62. The van der Waals surface area contributed by atoms with E-state index in [-0.39, 0.29) is 0 Å². The van der Waals surface area contributed by atoms with Crippen LogP contribution in [-0.2, 0) is 6.42 Å². The van der Waals surface area contributed by atoms with Crippen molar-refractivity contribution in [1.82, 2.24) is 49.3 Å². The minimum absolute atomic E-state index is 0.608. The molecule has 1 N–H and O–H groups in total. The van der Waals surface area contributed by atoms with Crippen LogP contribution < -0.4 is 10.2 Å². The van der Waals surface area contributed by atoms with Crippen LogP contribution in [0.3, 0.4) is 0 Å². The average molecular weight is 481 g/mol. The second-order valence-electron chi connectivity index (χ2n) is 8.43. The molecule has 180 valence electrons. The van der Waals surface area contributed by atoms with Crippen molar-refractivity contribution in [2.45, 2.75) is 26.7 Å². The molecule has 0 amide bonds. The molecule has 12 heteroatoms. The number of aromatic nitrogens is 10. The minimum atomic E-state index is 0.608. The highest BCUT2D eigenvalue weighted by Crippen LogP contribution is 2.26. The van der Waals surface area contributed by atoms with Gasteiger partial charge in [-0.15, -0.1) is 10.2 Å². The zero-order valence-corrected chi connectivity index (χ0v) is 19.9. The molecule has 0 atom stereocenters. The van der Waals surface area contributed by atoms with Crippen molar-refractivity contribution in [3.05, 3.63) is 72.7 Å². The van der Waals surface area contributed by atoms with E-state index in [0.29, 0.717) is 17.3 Å². The molecule has 6 rings (SSSR count). The molecule has 0 saturated carbocycles. The molecular formula is C24H24N12. The van der Waals surface area contributed by atoms with Crippen LogP contribution in [0.1, 0.15) is 30.4 Å². The Hall–Kier alpha value is -4.74. The average Bonchev–Trinajstić information content (AvgIpc) is 3.61. The van der Waals surface area contributed by atoms with E-state index in [1.807, 2.05) is 42.0 Å². The molecule has 0 aromatic carbocycles. The molecule has 5 aromatic heterocycles. The van der Waals surface area contributed by atoms with Crippen molar-refractivity contribution < 1.29 is 0 Å². The number of hydrogen-bond acceptors (Lipinski definition) is 10. The summed E-state index contributed by atoms with van der Waals surface area (Å²) in [7, 11) is 0. The van der Waals surface area contributed by atoms with Crippen molar-refractivity contribution in [3.63, 3.8) is 0 Å². The summed E-state index contributed by atoms with van der Waals surface area (Å²) in [6.07, 6.45) is 14.4. The summed E-state index contributed by atoms with van der Waals surface area (Å²) < 4.78 is 3.59. The number of hydrogen-bond donors (Lipinski definition) is 1. The van der Waals surface area contributed by atoms with Gasteiger partial charge in [0.05, 0.1) is 11.4 Å². The van der Waals surface area contributed by atoms with Crippen LogP contribution in [0.15, 0.2) is 55.7 Å². The lowest BCUT2D eigenvalue weighted by Crippen LogP contribution is -2.30. The smallest absolute Gasteiger partial charge is 0.225 e. The van der Waals surface area contributed by atoms with Crippen molar-refractivity contribution in [2.24, 2.45) is 0 Å². The number of rotatable bonds is 6. The molecule has 0 bridgehead atoms. The van der Waals surface area contributed by atoms with Crippen LogP contribution in [0.5, 0.6) is 0 Å². The summed E-state index contributed by atoms with van der Waals surface area (Å²) >= 11 is 0. The number of nitrogens with one attached hydrogen (secondary N) is 1. The van der Waals surface area contributed by atoms with E-state index in [0.717, 1.165) is 60.2 Å². The van der Waals surface area contributed by atoms with E-state index < -0.39 is 0 Å². The van der Waals surface area contributed by atoms with Crippen molar-refractivity contribution in [1.29, 1.82) is 0 Å². The first-order chi connectivity index (χ1) is 17.7. The highest BCUT2D eigenvalue weighted by molar-refractivity contribution is 5.73. The van der Waals surface area contributed by atoms with Gasteiger partial charge in [0.25, 0.3) is 0 Å². The van der Waals surface area contributed by atoms with Gasteiger partial charge in [-0.3, -0.25) is 4.40 Å². The second kappa shape index (κ2) is 9.13. The predicted octanol–water partition coefficient (Wildman–Crippen LogP) is 2.80. The highest BCUT2D eigenvalue weighted by atomic mass is 15.3. The molecule has 5 aromatic rings. The lowest BCUT2D eigenvalue weighted by atomic mass is 10.1. The van der Waals surface area contributed by atoms with Gasteiger partial charge < -0.3 is 10.2 Å². The number of fused-ring (bicyclic) bond motifs is 1. The van der Waals surface area contributed by atoms with Gasteiger partial charge in [0, 0.05) is 37.9 Å². The summed E-state index contributed by atoms with van der Waals surface area (Å²) in [5.41, 5.74) is 4.55. The standard InChI is InChI=1S/C24H24N12/c1-3-17-12-27-24(28-13-17)34-9-6-18(7-10-34)22-32-33-23-21(26-8-11-35(22)23)31-19-4-5-20(30-16(19)2)36-15-25-14-29-36/h4-6,8,11-15H,3,7,9-10H2,1-2H3,(H,26,31). The Balaban J connectivity index is 1.23. The van der Waals surface area contributed by atoms with E-state index in [2.05, 4.69) is 63.4 Å². The van der Waals surface area contributed by atoms with Gasteiger partial charge in [-0.2, -0.15) is 5.10 Å². The molecule has 0 radical (unpaired) electrons. The molecule has 0 aliphatic carbocycles. The lowest BCUT2D eigenvalue weighted by molar-refractivity contribution is 0.786. The second-order valence-corrected chi connectivity index (χ2v) is 8.43. The van der Waals surface area contributed by atoms with Gasteiger partial charge in [-0.1, -0.05) is 13.0 Å². The quantitative estimate of drug-likeness (QED) is 0.387. The zero-order valence-electron chi connectivity index (χ0n) is 19.9. The summed E-state index contributed by atoms with van der Waals surface area (Å²) in [5, 5.41) is 16.4. The topological polar surface area (TPSA) is 128 Å². The van der Waals surface area contributed by atoms with Crippen LogP contribution in [0.4, 0.5) is 17.5 Å². The Morgan fingerprint density at radius 1 is 1.08 bits per heavy atom. The van der Waals surface area contributed by atoms with Crippen LogP contribution in [0, 0.1) is 6.92 Å². The fourth-order valence-corrected chi connectivity index (χ4v) is 4.14. The molecule has 0 unspecified atom stereocenters. The molecule has 12 nitrogen and oxygen atoms in total. The Labute approximate surface area is 206 Å². The third-order valence-electron chi connectivity index (χ3n) is 6.18. The zero-order chi connectivity index (χ0) is 24.5. The number of aryl methyl sites for hydroxylation is 2. The van der Waals surface area contributed by atoms with Gasteiger partial charge in [0.1, 0.15) is 12.7 Å². The Bertz CT molecular complexity index is 1540. The fraction of sp³-hybridized carbons (Fsp3) is 0.250. The first-order valence-corrected chi connectivity index (χ1v) is 11.7. The Morgan fingerprint density at radius 3 is 2.69 bits per heavy atom. The molecule has 0 fully saturated rings. The number of nitrogens with zero attached hydrogens (tertiary/aromatic N) is 11. The van der Waals surface area contributed by atoms with Gasteiger partial charge >= 0.3 is 0 Å². The summed E-state index contributed by atoms with van der Waals surface area (Å²) in [5.74, 6) is 2.87.